The van der Waals surface area contributed by atoms with E-state index in [1.165, 1.54) is 5.56 Å². The standard InChI is InChI=1S/C29H36N4O4/c1-21-3-5-23(6-4-21)27-19-26(22-9-11-25(36-2)12-10-22)30-33(27)28(34)20-32(29(35)24-7-8-24)14-13-31-15-17-37-18-16-31/h3-6,9-12,24,27H,7-8,13-20H2,1-2H3/t27-/m0/s1. The van der Waals surface area contributed by atoms with Gasteiger partial charge in [-0.2, -0.15) is 5.10 Å². The van der Waals surface area contributed by atoms with Gasteiger partial charge in [0, 0.05) is 38.5 Å². The maximum absolute atomic E-state index is 13.8. The molecule has 0 N–H and O–H groups in total. The minimum atomic E-state index is -0.206. The van der Waals surface area contributed by atoms with Crippen molar-refractivity contribution in [2.75, 3.05) is 53.0 Å². The van der Waals surface area contributed by atoms with Gasteiger partial charge in [0.15, 0.2) is 0 Å². The maximum Gasteiger partial charge on any atom is 0.262 e. The topological polar surface area (TPSA) is 74.7 Å². The van der Waals surface area contributed by atoms with E-state index in [9.17, 15) is 9.59 Å². The van der Waals surface area contributed by atoms with Crippen molar-refractivity contribution in [1.82, 2.24) is 14.8 Å². The van der Waals surface area contributed by atoms with Crippen LogP contribution in [-0.2, 0) is 14.3 Å². The Labute approximate surface area is 218 Å². The molecule has 3 aliphatic rings. The molecule has 2 amide bonds. The summed E-state index contributed by atoms with van der Waals surface area (Å²) in [4.78, 5) is 30.9. The van der Waals surface area contributed by atoms with Gasteiger partial charge in [0.25, 0.3) is 5.91 Å². The van der Waals surface area contributed by atoms with Crippen LogP contribution in [-0.4, -0.2) is 85.4 Å². The van der Waals surface area contributed by atoms with E-state index in [4.69, 9.17) is 14.6 Å². The highest BCUT2D eigenvalue weighted by molar-refractivity contribution is 6.03. The molecule has 8 nitrogen and oxygen atoms in total. The van der Waals surface area contributed by atoms with Crippen molar-refractivity contribution in [1.29, 1.82) is 0 Å². The summed E-state index contributed by atoms with van der Waals surface area (Å²) in [5.74, 6) is 0.777. The highest BCUT2D eigenvalue weighted by Gasteiger charge is 2.38. The molecule has 1 saturated carbocycles. The molecule has 2 heterocycles. The largest absolute Gasteiger partial charge is 0.497 e. The number of carbonyl (C=O) groups excluding carboxylic acids is 2. The number of benzene rings is 2. The van der Waals surface area contributed by atoms with Gasteiger partial charge < -0.3 is 14.4 Å². The number of aryl methyl sites for hydroxylation is 1. The number of nitrogens with zero attached hydrogens (tertiary/aromatic N) is 4. The normalized spacial score (nSPS) is 20.0. The highest BCUT2D eigenvalue weighted by Crippen LogP contribution is 2.34. The summed E-state index contributed by atoms with van der Waals surface area (Å²) in [5, 5.41) is 6.41. The Morgan fingerprint density at radius 2 is 1.76 bits per heavy atom. The van der Waals surface area contributed by atoms with Gasteiger partial charge in [-0.1, -0.05) is 29.8 Å². The van der Waals surface area contributed by atoms with Crippen molar-refractivity contribution in [3.63, 3.8) is 0 Å². The van der Waals surface area contributed by atoms with Crippen molar-refractivity contribution in [3.05, 3.63) is 65.2 Å². The molecule has 2 fully saturated rings. The molecule has 196 valence electrons. The summed E-state index contributed by atoms with van der Waals surface area (Å²) in [7, 11) is 1.64. The molecular weight excluding hydrogens is 468 g/mol. The van der Waals surface area contributed by atoms with E-state index in [1.54, 1.807) is 17.0 Å². The van der Waals surface area contributed by atoms with E-state index in [-0.39, 0.29) is 30.3 Å². The Balaban J connectivity index is 1.35. The van der Waals surface area contributed by atoms with Gasteiger partial charge in [0.2, 0.25) is 5.91 Å². The fraction of sp³-hybridized carbons (Fsp3) is 0.483. The Kier molecular flexibility index (Phi) is 7.86. The van der Waals surface area contributed by atoms with E-state index in [0.717, 1.165) is 55.1 Å². The molecular formula is C29H36N4O4. The van der Waals surface area contributed by atoms with Gasteiger partial charge in [0.1, 0.15) is 12.3 Å². The summed E-state index contributed by atoms with van der Waals surface area (Å²) in [6, 6.07) is 15.8. The molecule has 2 aliphatic heterocycles. The first-order valence-electron chi connectivity index (χ1n) is 13.2. The molecule has 0 bridgehead atoms. The van der Waals surface area contributed by atoms with Crippen molar-refractivity contribution in [2.24, 2.45) is 11.0 Å². The third-order valence-corrected chi connectivity index (χ3v) is 7.41. The summed E-state index contributed by atoms with van der Waals surface area (Å²) in [6.45, 7) is 6.52. The lowest BCUT2D eigenvalue weighted by atomic mass is 9.97. The molecule has 1 saturated heterocycles. The minimum absolute atomic E-state index is 0.0431. The molecule has 1 aliphatic carbocycles. The fourth-order valence-electron chi connectivity index (χ4n) is 4.92. The Bertz CT molecular complexity index is 1120. The Morgan fingerprint density at radius 3 is 2.41 bits per heavy atom. The van der Waals surface area contributed by atoms with Crippen LogP contribution in [0.1, 0.15) is 42.0 Å². The van der Waals surface area contributed by atoms with Crippen LogP contribution < -0.4 is 4.74 Å². The fourth-order valence-corrected chi connectivity index (χ4v) is 4.92. The number of amides is 2. The first-order chi connectivity index (χ1) is 18.0. The number of hydrogen-bond donors (Lipinski definition) is 0. The molecule has 0 spiro atoms. The zero-order valence-corrected chi connectivity index (χ0v) is 21.8. The zero-order valence-electron chi connectivity index (χ0n) is 21.8. The predicted octanol–water partition coefficient (Wildman–Crippen LogP) is 3.25. The average molecular weight is 505 g/mol. The van der Waals surface area contributed by atoms with E-state index in [1.807, 2.05) is 24.3 Å². The Hall–Kier alpha value is -3.23. The molecule has 2 aromatic carbocycles. The number of ether oxygens (including phenoxy) is 2. The van der Waals surface area contributed by atoms with Crippen LogP contribution in [0.5, 0.6) is 5.75 Å². The first-order valence-corrected chi connectivity index (χ1v) is 13.2. The van der Waals surface area contributed by atoms with E-state index >= 15 is 0 Å². The molecule has 8 heteroatoms. The first kappa shape index (κ1) is 25.4. The van der Waals surface area contributed by atoms with Crippen molar-refractivity contribution < 1.29 is 19.1 Å². The van der Waals surface area contributed by atoms with Gasteiger partial charge in [-0.05, 0) is 55.2 Å². The molecule has 0 aromatic heterocycles. The molecule has 2 aromatic rings. The van der Waals surface area contributed by atoms with Crippen LogP contribution in [0.15, 0.2) is 53.6 Å². The number of carbonyl (C=O) groups is 2. The second-order valence-corrected chi connectivity index (χ2v) is 10.1. The monoisotopic (exact) mass is 504 g/mol. The van der Waals surface area contributed by atoms with Crippen LogP contribution in [0.4, 0.5) is 0 Å². The number of morpholine rings is 1. The van der Waals surface area contributed by atoms with Crippen LogP contribution >= 0.6 is 0 Å². The van der Waals surface area contributed by atoms with E-state index in [0.29, 0.717) is 26.2 Å². The van der Waals surface area contributed by atoms with Gasteiger partial charge in [-0.25, -0.2) is 5.01 Å². The van der Waals surface area contributed by atoms with E-state index in [2.05, 4.69) is 36.1 Å². The van der Waals surface area contributed by atoms with Crippen LogP contribution in [0.2, 0.25) is 0 Å². The second-order valence-electron chi connectivity index (χ2n) is 10.1. The number of rotatable bonds is 9. The summed E-state index contributed by atoms with van der Waals surface area (Å²) in [5.41, 5.74) is 4.03. The lowest BCUT2D eigenvalue weighted by Crippen LogP contribution is -2.47. The lowest BCUT2D eigenvalue weighted by molar-refractivity contribution is -0.142. The van der Waals surface area contributed by atoms with Crippen molar-refractivity contribution in [3.8, 4) is 5.75 Å². The molecule has 37 heavy (non-hydrogen) atoms. The second kappa shape index (κ2) is 11.4. The number of methoxy groups -OCH3 is 1. The van der Waals surface area contributed by atoms with Crippen molar-refractivity contribution in [2.45, 2.75) is 32.2 Å². The number of hydrazone groups is 1. The zero-order chi connectivity index (χ0) is 25.8. The highest BCUT2D eigenvalue weighted by atomic mass is 16.5. The number of hydrogen-bond acceptors (Lipinski definition) is 6. The van der Waals surface area contributed by atoms with E-state index < -0.39 is 0 Å². The predicted molar refractivity (Wildman–Crippen MR) is 141 cm³/mol. The van der Waals surface area contributed by atoms with Crippen LogP contribution in [0.25, 0.3) is 0 Å². The molecule has 5 rings (SSSR count). The van der Waals surface area contributed by atoms with Crippen LogP contribution in [0, 0.1) is 12.8 Å². The van der Waals surface area contributed by atoms with Crippen LogP contribution in [0.3, 0.4) is 0 Å². The smallest absolute Gasteiger partial charge is 0.262 e. The average Bonchev–Trinajstić information content (AvgIpc) is 3.69. The van der Waals surface area contributed by atoms with Crippen molar-refractivity contribution >= 4 is 17.5 Å². The van der Waals surface area contributed by atoms with Gasteiger partial charge in [0.05, 0.1) is 32.1 Å². The Morgan fingerprint density at radius 1 is 1.05 bits per heavy atom. The summed E-state index contributed by atoms with van der Waals surface area (Å²) in [6.07, 6.45) is 2.44. The van der Waals surface area contributed by atoms with Gasteiger partial charge in [-0.15, -0.1) is 0 Å². The third kappa shape index (κ3) is 6.19. The van der Waals surface area contributed by atoms with Gasteiger partial charge >= 0.3 is 0 Å². The lowest BCUT2D eigenvalue weighted by Gasteiger charge is -2.31. The molecule has 1 atom stereocenters. The quantitative estimate of drug-likeness (QED) is 0.524. The minimum Gasteiger partial charge on any atom is -0.497 e. The third-order valence-electron chi connectivity index (χ3n) is 7.41. The molecule has 0 radical (unpaired) electrons. The maximum atomic E-state index is 13.8. The summed E-state index contributed by atoms with van der Waals surface area (Å²) >= 11 is 0. The van der Waals surface area contributed by atoms with Gasteiger partial charge in [-0.3, -0.25) is 14.5 Å². The summed E-state index contributed by atoms with van der Waals surface area (Å²) < 4.78 is 10.7. The molecule has 0 unspecified atom stereocenters. The SMILES string of the molecule is COc1ccc(C2=NN(C(=O)CN(CCN3CCOCC3)C(=O)C3CC3)[C@H](c3ccc(C)cc3)C2)cc1.